The molecule has 0 spiro atoms. The lowest BCUT2D eigenvalue weighted by atomic mass is 10.0. The Balaban J connectivity index is 1.23. The average Bonchev–Trinajstić information content (AvgIpc) is 3.51. The summed E-state index contributed by atoms with van der Waals surface area (Å²) in [6.45, 7) is 3.31. The van der Waals surface area contributed by atoms with Crippen LogP contribution < -0.4 is 18.9 Å². The molecule has 5 rings (SSSR count). The topological polar surface area (TPSA) is 125 Å². The molecule has 1 aliphatic rings. The van der Waals surface area contributed by atoms with Crippen molar-refractivity contribution in [2.45, 2.75) is 33.1 Å². The zero-order chi connectivity index (χ0) is 31.7. The second kappa shape index (κ2) is 12.9. The number of ether oxygens (including phenoxy) is 4. The number of rotatable bonds is 15. The van der Waals surface area contributed by atoms with Crippen molar-refractivity contribution in [1.82, 2.24) is 0 Å². The highest BCUT2D eigenvalue weighted by Crippen LogP contribution is 2.45. The molecule has 1 N–H and O–H groups in total. The van der Waals surface area contributed by atoms with Crippen LogP contribution in [0, 0.1) is 23.6 Å². The van der Waals surface area contributed by atoms with Gasteiger partial charge in [-0.15, -0.1) is 22.7 Å². The molecule has 2 heterocycles. The second-order valence-electron chi connectivity index (χ2n) is 10.7. The number of halogens is 1. The Kier molecular flexibility index (Phi) is 9.21. The molecule has 4 aromatic rings. The minimum Gasteiger partial charge on any atom is -0.493 e. The normalized spacial score (nSPS) is 16.5. The number of hydrogen-bond acceptors (Lipinski definition) is 10. The lowest BCUT2D eigenvalue weighted by molar-refractivity contribution is -0.141. The summed E-state index contributed by atoms with van der Waals surface area (Å²) in [6, 6.07) is 8.40. The van der Waals surface area contributed by atoms with Crippen LogP contribution in [0.1, 0.15) is 52.5 Å². The second-order valence-corrected chi connectivity index (χ2v) is 12.9. The zero-order valence-corrected chi connectivity index (χ0v) is 26.2. The van der Waals surface area contributed by atoms with Crippen molar-refractivity contribution in [3.63, 3.8) is 0 Å². The summed E-state index contributed by atoms with van der Waals surface area (Å²) >= 11 is 2.43. The molecule has 2 aromatic heterocycles. The summed E-state index contributed by atoms with van der Waals surface area (Å²) < 4.78 is 39.4. The first-order valence-corrected chi connectivity index (χ1v) is 15.6. The summed E-state index contributed by atoms with van der Waals surface area (Å²) in [5, 5.41) is 10.2. The molecule has 9 nitrogen and oxygen atoms in total. The first-order valence-electron chi connectivity index (χ1n) is 14.0. The summed E-state index contributed by atoms with van der Waals surface area (Å²) in [5.41, 5.74) is 0. The monoisotopic (exact) mass is 642 g/mol. The Morgan fingerprint density at radius 3 is 2.25 bits per heavy atom. The van der Waals surface area contributed by atoms with Crippen LogP contribution in [0.4, 0.5) is 4.39 Å². The van der Waals surface area contributed by atoms with E-state index in [4.69, 9.17) is 24.1 Å². The van der Waals surface area contributed by atoms with Gasteiger partial charge in [0.15, 0.2) is 40.4 Å². The fraction of sp³-hybridized carbons (Fsp3) is 0.375. The maximum atomic E-state index is 15.5. The molecular weight excluding hydrogens is 611 g/mol. The van der Waals surface area contributed by atoms with Crippen LogP contribution in [0.25, 0.3) is 20.2 Å². The van der Waals surface area contributed by atoms with Crippen molar-refractivity contribution >= 4 is 66.2 Å². The molecule has 12 heteroatoms. The molecule has 0 bridgehead atoms. The number of fused-ring (bicyclic) bond motifs is 2. The van der Waals surface area contributed by atoms with E-state index in [1.165, 1.54) is 56.8 Å². The van der Waals surface area contributed by atoms with Gasteiger partial charge in [-0.1, -0.05) is 6.92 Å². The van der Waals surface area contributed by atoms with Crippen LogP contribution in [0.15, 0.2) is 30.3 Å². The average molecular weight is 643 g/mol. The Bertz CT molecular complexity index is 1770. The van der Waals surface area contributed by atoms with Gasteiger partial charge in [0.25, 0.3) is 0 Å². The Morgan fingerprint density at radius 1 is 0.909 bits per heavy atom. The third kappa shape index (κ3) is 6.41. The maximum Gasteiger partial charge on any atom is 0.306 e. The number of thiophene rings is 2. The van der Waals surface area contributed by atoms with E-state index in [0.29, 0.717) is 38.8 Å². The van der Waals surface area contributed by atoms with Crippen LogP contribution in [0.5, 0.6) is 23.0 Å². The molecule has 3 atom stereocenters. The third-order valence-corrected chi connectivity index (χ3v) is 9.81. The van der Waals surface area contributed by atoms with Crippen molar-refractivity contribution in [3.05, 3.63) is 45.9 Å². The molecule has 0 aliphatic heterocycles. The van der Waals surface area contributed by atoms with Crippen molar-refractivity contribution in [2.24, 2.45) is 17.8 Å². The summed E-state index contributed by atoms with van der Waals surface area (Å²) in [4.78, 5) is 49.0. The number of benzene rings is 2. The fourth-order valence-electron chi connectivity index (χ4n) is 4.96. The number of carboxylic acids is 1. The minimum atomic E-state index is -1.02. The number of carbonyl (C=O) groups excluding carboxylic acids is 3. The predicted octanol–water partition coefficient (Wildman–Crippen LogP) is 6.82. The molecule has 0 unspecified atom stereocenters. The van der Waals surface area contributed by atoms with E-state index in [9.17, 15) is 19.2 Å². The number of carboxylic acid groups (broad SMARTS) is 1. The number of carbonyl (C=O) groups is 4. The van der Waals surface area contributed by atoms with Gasteiger partial charge in [-0.3, -0.25) is 19.2 Å². The highest BCUT2D eigenvalue weighted by Gasteiger charge is 2.46. The molecule has 1 saturated carbocycles. The molecule has 0 radical (unpaired) electrons. The van der Waals surface area contributed by atoms with Gasteiger partial charge >= 0.3 is 5.97 Å². The standard InChI is InChI=1S/C32H31FO9S2/c1-15(32(37)38)8-21(35)27-10-17-9-22(39-3)23(13-25(17)43-27)41-6-5-7-42-31-24(40-4)14-26-20(29(31)33)12-28(44-26)30(36)19-11-18(19)16(2)34/h9-10,12-15,18-19H,5-8,11H2,1-4H3,(H,37,38)/t15-,18-,19+/m0/s1. The Labute approximate surface area is 260 Å². The van der Waals surface area contributed by atoms with E-state index in [1.54, 1.807) is 24.3 Å². The van der Waals surface area contributed by atoms with Crippen molar-refractivity contribution < 1.29 is 47.6 Å². The van der Waals surface area contributed by atoms with Gasteiger partial charge in [-0.25, -0.2) is 4.39 Å². The van der Waals surface area contributed by atoms with E-state index in [0.717, 1.165) is 10.1 Å². The Morgan fingerprint density at radius 2 is 1.59 bits per heavy atom. The highest BCUT2D eigenvalue weighted by molar-refractivity contribution is 7.21. The smallest absolute Gasteiger partial charge is 0.306 e. The number of ketones is 3. The van der Waals surface area contributed by atoms with E-state index < -0.39 is 17.7 Å². The lowest BCUT2D eigenvalue weighted by Gasteiger charge is -2.13. The quantitative estimate of drug-likeness (QED) is 0.110. The van der Waals surface area contributed by atoms with Crippen LogP contribution in [-0.2, 0) is 9.59 Å². The van der Waals surface area contributed by atoms with Gasteiger partial charge < -0.3 is 24.1 Å². The number of aliphatic carboxylic acids is 1. The fourth-order valence-corrected chi connectivity index (χ4v) is 7.07. The predicted molar refractivity (Wildman–Crippen MR) is 165 cm³/mol. The molecule has 0 saturated heterocycles. The molecule has 232 valence electrons. The van der Waals surface area contributed by atoms with E-state index in [-0.39, 0.29) is 65.7 Å². The van der Waals surface area contributed by atoms with Crippen molar-refractivity contribution in [3.8, 4) is 23.0 Å². The third-order valence-electron chi connectivity index (χ3n) is 7.58. The lowest BCUT2D eigenvalue weighted by Crippen LogP contribution is -2.13. The minimum absolute atomic E-state index is 0.00669. The van der Waals surface area contributed by atoms with Crippen molar-refractivity contribution in [2.75, 3.05) is 27.4 Å². The van der Waals surface area contributed by atoms with Gasteiger partial charge in [-0.05, 0) is 36.9 Å². The first-order chi connectivity index (χ1) is 21.0. The Hall–Kier alpha value is -4.03. The van der Waals surface area contributed by atoms with Crippen molar-refractivity contribution in [1.29, 1.82) is 0 Å². The largest absolute Gasteiger partial charge is 0.493 e. The number of methoxy groups -OCH3 is 2. The van der Waals surface area contributed by atoms with E-state index in [1.807, 2.05) is 0 Å². The summed E-state index contributed by atoms with van der Waals surface area (Å²) in [5.74, 6) is -2.32. The maximum absolute atomic E-state index is 15.5. The van der Waals surface area contributed by atoms with E-state index in [2.05, 4.69) is 0 Å². The van der Waals surface area contributed by atoms with Gasteiger partial charge in [0, 0.05) is 51.6 Å². The highest BCUT2D eigenvalue weighted by atomic mass is 32.1. The summed E-state index contributed by atoms with van der Waals surface area (Å²) in [6.07, 6.45) is 0.839. The molecule has 0 amide bonds. The number of hydrogen-bond donors (Lipinski definition) is 1. The van der Waals surface area contributed by atoms with Crippen LogP contribution >= 0.6 is 22.7 Å². The van der Waals surface area contributed by atoms with Crippen LogP contribution in [0.2, 0.25) is 0 Å². The SMILES string of the molecule is COc1cc2cc(C(=O)C[C@H](C)C(=O)O)sc2cc1OCCCOc1c(OC)cc2sc(C(=O)[C@@H]3C[C@H]3C(C)=O)cc2c1F. The van der Waals surface area contributed by atoms with Gasteiger partial charge in [-0.2, -0.15) is 0 Å². The van der Waals surface area contributed by atoms with Crippen LogP contribution in [-0.4, -0.2) is 55.9 Å². The number of Topliss-reactive ketones (excluding diaryl/α,β-unsaturated/α-hetero) is 3. The molecule has 2 aromatic carbocycles. The van der Waals surface area contributed by atoms with E-state index >= 15 is 4.39 Å². The summed E-state index contributed by atoms with van der Waals surface area (Å²) in [7, 11) is 2.92. The molecule has 44 heavy (non-hydrogen) atoms. The molecule has 1 fully saturated rings. The molecule has 1 aliphatic carbocycles. The molecular formula is C32H31FO9S2. The van der Waals surface area contributed by atoms with Gasteiger partial charge in [0.05, 0.1) is 43.1 Å². The zero-order valence-electron chi connectivity index (χ0n) is 24.6. The van der Waals surface area contributed by atoms with Gasteiger partial charge in [0.2, 0.25) is 0 Å². The van der Waals surface area contributed by atoms with Crippen LogP contribution in [0.3, 0.4) is 0 Å². The van der Waals surface area contributed by atoms with Gasteiger partial charge in [0.1, 0.15) is 5.78 Å². The first kappa shape index (κ1) is 31.4.